The molecule has 0 bridgehead atoms. The molecule has 0 aliphatic carbocycles. The molecule has 2 N–H and O–H groups in total. The van der Waals surface area contributed by atoms with Gasteiger partial charge in [-0.3, -0.25) is 5.32 Å². The van der Waals surface area contributed by atoms with Crippen LogP contribution in [0, 0.1) is 0 Å². The number of ether oxygens (including phenoxy) is 2. The summed E-state index contributed by atoms with van der Waals surface area (Å²) < 4.78 is 12.3. The predicted octanol–water partition coefficient (Wildman–Crippen LogP) is 2.92. The molecular formula is C18H16N4O3. The van der Waals surface area contributed by atoms with Crippen LogP contribution in [0.15, 0.2) is 60.8 Å². The van der Waals surface area contributed by atoms with Gasteiger partial charge in [0.15, 0.2) is 17.3 Å². The smallest absolute Gasteiger partial charge is 0.320 e. The van der Waals surface area contributed by atoms with E-state index in [1.54, 1.807) is 16.9 Å². The number of amides is 2. The molecule has 0 unspecified atom stereocenters. The van der Waals surface area contributed by atoms with Crippen molar-refractivity contribution < 1.29 is 14.3 Å². The number of aromatic nitrogens is 2. The van der Waals surface area contributed by atoms with E-state index in [1.165, 1.54) is 0 Å². The number of anilines is 1. The summed E-state index contributed by atoms with van der Waals surface area (Å²) in [5.41, 5.74) is 1.85. The lowest BCUT2D eigenvalue weighted by atomic mass is 10.2. The van der Waals surface area contributed by atoms with Crippen molar-refractivity contribution in [2.75, 3.05) is 12.1 Å². The molecule has 2 heterocycles. The zero-order valence-corrected chi connectivity index (χ0v) is 13.3. The van der Waals surface area contributed by atoms with Crippen molar-refractivity contribution in [1.29, 1.82) is 0 Å². The summed E-state index contributed by atoms with van der Waals surface area (Å²) in [5.74, 6) is 1.90. The Morgan fingerprint density at radius 1 is 1.08 bits per heavy atom. The van der Waals surface area contributed by atoms with Crippen LogP contribution in [0.5, 0.6) is 11.5 Å². The van der Waals surface area contributed by atoms with E-state index in [2.05, 4.69) is 15.7 Å². The molecule has 4 rings (SSSR count). The number of nitrogens with one attached hydrogen (secondary N) is 2. The molecule has 0 radical (unpaired) electrons. The zero-order valence-electron chi connectivity index (χ0n) is 13.3. The molecule has 1 aliphatic rings. The average Bonchev–Trinajstić information content (AvgIpc) is 3.29. The quantitative estimate of drug-likeness (QED) is 0.768. The van der Waals surface area contributed by atoms with Crippen LogP contribution in [0.4, 0.5) is 10.6 Å². The largest absolute Gasteiger partial charge is 0.454 e. The molecule has 7 nitrogen and oxygen atoms in total. The number of hydrogen-bond donors (Lipinski definition) is 2. The average molecular weight is 336 g/mol. The van der Waals surface area contributed by atoms with Crippen molar-refractivity contribution in [2.45, 2.75) is 6.54 Å². The van der Waals surface area contributed by atoms with Crippen molar-refractivity contribution in [3.63, 3.8) is 0 Å². The number of carbonyl (C=O) groups is 1. The Bertz CT molecular complexity index is 892. The summed E-state index contributed by atoms with van der Waals surface area (Å²) in [5, 5.41) is 9.84. The van der Waals surface area contributed by atoms with Gasteiger partial charge in [-0.25, -0.2) is 9.48 Å². The lowest BCUT2D eigenvalue weighted by molar-refractivity contribution is 0.174. The molecule has 2 aromatic carbocycles. The van der Waals surface area contributed by atoms with E-state index in [0.29, 0.717) is 18.1 Å². The van der Waals surface area contributed by atoms with Gasteiger partial charge in [-0.05, 0) is 29.8 Å². The second kappa shape index (κ2) is 6.56. The molecule has 126 valence electrons. The number of fused-ring (bicyclic) bond motifs is 1. The highest BCUT2D eigenvalue weighted by Gasteiger charge is 2.13. The topological polar surface area (TPSA) is 77.4 Å². The molecule has 0 saturated carbocycles. The van der Waals surface area contributed by atoms with E-state index in [0.717, 1.165) is 17.0 Å². The first-order valence-corrected chi connectivity index (χ1v) is 7.82. The minimum absolute atomic E-state index is 0.233. The van der Waals surface area contributed by atoms with Gasteiger partial charge in [0.05, 0.1) is 5.69 Å². The van der Waals surface area contributed by atoms with Gasteiger partial charge in [-0.2, -0.15) is 0 Å². The van der Waals surface area contributed by atoms with Gasteiger partial charge in [0.1, 0.15) is 0 Å². The van der Waals surface area contributed by atoms with Gasteiger partial charge in [0.2, 0.25) is 6.79 Å². The number of para-hydroxylation sites is 1. The minimum Gasteiger partial charge on any atom is -0.454 e. The van der Waals surface area contributed by atoms with Crippen LogP contribution < -0.4 is 20.1 Å². The summed E-state index contributed by atoms with van der Waals surface area (Å²) in [4.78, 5) is 12.0. The third kappa shape index (κ3) is 3.40. The van der Waals surface area contributed by atoms with Crippen LogP contribution in [0.1, 0.15) is 5.56 Å². The number of carbonyl (C=O) groups excluding carboxylic acids is 1. The van der Waals surface area contributed by atoms with Gasteiger partial charge in [-0.1, -0.05) is 24.3 Å². The SMILES string of the molecule is O=C(NCc1ccc2c(c1)OCO2)Nc1ccn(-c2ccccc2)n1. The predicted molar refractivity (Wildman–Crippen MR) is 92.0 cm³/mol. The number of benzene rings is 2. The maximum absolute atomic E-state index is 12.0. The maximum Gasteiger partial charge on any atom is 0.320 e. The Kier molecular flexibility index (Phi) is 3.96. The molecule has 1 aromatic heterocycles. The number of rotatable bonds is 4. The van der Waals surface area contributed by atoms with E-state index in [1.807, 2.05) is 48.5 Å². The fraction of sp³-hybridized carbons (Fsp3) is 0.111. The van der Waals surface area contributed by atoms with Gasteiger partial charge in [0.25, 0.3) is 0 Å². The Labute approximate surface area is 144 Å². The Hall–Kier alpha value is -3.48. The van der Waals surface area contributed by atoms with Crippen molar-refractivity contribution in [2.24, 2.45) is 0 Å². The summed E-state index contributed by atoms with van der Waals surface area (Å²) in [6.45, 7) is 0.610. The van der Waals surface area contributed by atoms with Gasteiger partial charge >= 0.3 is 6.03 Å². The molecular weight excluding hydrogens is 320 g/mol. The standard InChI is InChI=1S/C18H16N4O3/c23-18(19-11-13-6-7-15-16(10-13)25-12-24-15)20-17-8-9-22(21-17)14-4-2-1-3-5-14/h1-10H,11-12H2,(H2,19,20,21,23). The van der Waals surface area contributed by atoms with E-state index >= 15 is 0 Å². The lowest BCUT2D eigenvalue weighted by Crippen LogP contribution is -2.28. The molecule has 3 aromatic rings. The Morgan fingerprint density at radius 2 is 1.92 bits per heavy atom. The van der Waals surface area contributed by atoms with Gasteiger partial charge in [0, 0.05) is 18.8 Å². The van der Waals surface area contributed by atoms with E-state index in [4.69, 9.17) is 9.47 Å². The van der Waals surface area contributed by atoms with Crippen LogP contribution >= 0.6 is 0 Å². The summed E-state index contributed by atoms with van der Waals surface area (Å²) in [6.07, 6.45) is 1.79. The van der Waals surface area contributed by atoms with Crippen LogP contribution in [0.2, 0.25) is 0 Å². The van der Waals surface area contributed by atoms with Crippen molar-refractivity contribution in [3.8, 4) is 17.2 Å². The lowest BCUT2D eigenvalue weighted by Gasteiger charge is -2.06. The number of hydrogen-bond acceptors (Lipinski definition) is 4. The molecule has 25 heavy (non-hydrogen) atoms. The fourth-order valence-corrected chi connectivity index (χ4v) is 2.51. The fourth-order valence-electron chi connectivity index (χ4n) is 2.51. The van der Waals surface area contributed by atoms with Crippen LogP contribution in [0.3, 0.4) is 0 Å². The van der Waals surface area contributed by atoms with Crippen molar-refractivity contribution >= 4 is 11.8 Å². The summed E-state index contributed by atoms with van der Waals surface area (Å²) in [7, 11) is 0. The van der Waals surface area contributed by atoms with E-state index in [9.17, 15) is 4.79 Å². The van der Waals surface area contributed by atoms with Crippen LogP contribution in [-0.2, 0) is 6.54 Å². The molecule has 2 amide bonds. The minimum atomic E-state index is -0.323. The third-order valence-corrected chi connectivity index (χ3v) is 3.74. The van der Waals surface area contributed by atoms with E-state index < -0.39 is 0 Å². The second-order valence-corrected chi connectivity index (χ2v) is 5.48. The first-order chi connectivity index (χ1) is 12.3. The van der Waals surface area contributed by atoms with Crippen LogP contribution in [0.25, 0.3) is 5.69 Å². The van der Waals surface area contributed by atoms with Gasteiger partial charge in [-0.15, -0.1) is 5.10 Å². The van der Waals surface area contributed by atoms with E-state index in [-0.39, 0.29) is 12.8 Å². The first kappa shape index (κ1) is 15.1. The molecule has 0 spiro atoms. The van der Waals surface area contributed by atoms with Crippen molar-refractivity contribution in [3.05, 3.63) is 66.4 Å². The normalized spacial score (nSPS) is 12.0. The number of nitrogens with zero attached hydrogens (tertiary/aromatic N) is 2. The molecule has 1 aliphatic heterocycles. The van der Waals surface area contributed by atoms with Crippen LogP contribution in [-0.4, -0.2) is 22.6 Å². The molecule has 7 heteroatoms. The highest BCUT2D eigenvalue weighted by molar-refractivity contribution is 5.88. The number of urea groups is 1. The molecule has 0 saturated heterocycles. The second-order valence-electron chi connectivity index (χ2n) is 5.48. The highest BCUT2D eigenvalue weighted by Crippen LogP contribution is 2.32. The van der Waals surface area contributed by atoms with Crippen molar-refractivity contribution in [1.82, 2.24) is 15.1 Å². The zero-order chi connectivity index (χ0) is 17.1. The molecule has 0 fully saturated rings. The third-order valence-electron chi connectivity index (χ3n) is 3.74. The summed E-state index contributed by atoms with van der Waals surface area (Å²) in [6, 6.07) is 16.7. The maximum atomic E-state index is 12.0. The van der Waals surface area contributed by atoms with Gasteiger partial charge < -0.3 is 14.8 Å². The first-order valence-electron chi connectivity index (χ1n) is 7.82. The monoisotopic (exact) mass is 336 g/mol. The Balaban J connectivity index is 1.34. The Morgan fingerprint density at radius 3 is 2.80 bits per heavy atom. The molecule has 0 atom stereocenters. The summed E-state index contributed by atoms with van der Waals surface area (Å²) >= 11 is 0. The highest BCUT2D eigenvalue weighted by atomic mass is 16.7.